The Labute approximate surface area is 172 Å². The van der Waals surface area contributed by atoms with Crippen molar-refractivity contribution in [3.63, 3.8) is 0 Å². The molecule has 6 nitrogen and oxygen atoms in total. The van der Waals surface area contributed by atoms with Crippen LogP contribution in [0.3, 0.4) is 0 Å². The van der Waals surface area contributed by atoms with Crippen molar-refractivity contribution in [3.05, 3.63) is 75.3 Å². The number of aromatic nitrogens is 3. The van der Waals surface area contributed by atoms with Crippen LogP contribution in [0.15, 0.2) is 53.6 Å². The molecular weight excluding hydrogens is 388 g/mol. The summed E-state index contributed by atoms with van der Waals surface area (Å²) >= 11 is 5.87. The van der Waals surface area contributed by atoms with Crippen molar-refractivity contribution in [2.24, 2.45) is 0 Å². The zero-order chi connectivity index (χ0) is 20.4. The fourth-order valence-corrected chi connectivity index (χ4v) is 3.50. The molecule has 0 radical (unpaired) electrons. The molecule has 0 fully saturated rings. The van der Waals surface area contributed by atoms with Crippen LogP contribution < -0.4 is 10.9 Å². The van der Waals surface area contributed by atoms with E-state index < -0.39 is 0 Å². The van der Waals surface area contributed by atoms with Crippen LogP contribution in [0, 0.1) is 6.92 Å². The molecule has 0 aliphatic rings. The van der Waals surface area contributed by atoms with Crippen LogP contribution in [0.5, 0.6) is 0 Å². The van der Waals surface area contributed by atoms with Gasteiger partial charge in [0.25, 0.3) is 5.56 Å². The van der Waals surface area contributed by atoms with Gasteiger partial charge in [0.15, 0.2) is 0 Å². The fraction of sp³-hybridized carbons (Fsp3) is 0.227. The largest absolute Gasteiger partial charge is 0.356 e. The zero-order valence-electron chi connectivity index (χ0n) is 16.0. The molecule has 0 saturated carbocycles. The van der Waals surface area contributed by atoms with Crippen molar-refractivity contribution in [2.45, 2.75) is 26.3 Å². The third-order valence-corrected chi connectivity index (χ3v) is 5.21. The van der Waals surface area contributed by atoms with Gasteiger partial charge in [0.05, 0.1) is 6.33 Å². The van der Waals surface area contributed by atoms with Gasteiger partial charge in [-0.15, -0.1) is 0 Å². The van der Waals surface area contributed by atoms with Crippen LogP contribution in [0.1, 0.15) is 17.5 Å². The van der Waals surface area contributed by atoms with Gasteiger partial charge in [-0.3, -0.25) is 14.2 Å². The number of aromatic amines is 1. The molecule has 0 aliphatic heterocycles. The van der Waals surface area contributed by atoms with Gasteiger partial charge >= 0.3 is 0 Å². The summed E-state index contributed by atoms with van der Waals surface area (Å²) in [5, 5.41) is 4.51. The molecule has 0 saturated heterocycles. The number of amides is 1. The maximum Gasteiger partial charge on any atom is 0.277 e. The predicted octanol–water partition coefficient (Wildman–Crippen LogP) is 3.59. The number of aryl methyl sites for hydroxylation is 2. The van der Waals surface area contributed by atoms with Crippen molar-refractivity contribution < 1.29 is 4.79 Å². The maximum absolute atomic E-state index is 12.8. The Morgan fingerprint density at radius 2 is 2.00 bits per heavy atom. The molecule has 29 heavy (non-hydrogen) atoms. The Hall–Kier alpha value is -3.12. The maximum atomic E-state index is 12.8. The molecule has 4 rings (SSSR count). The van der Waals surface area contributed by atoms with Gasteiger partial charge < -0.3 is 10.3 Å². The first-order valence-electron chi connectivity index (χ1n) is 9.50. The minimum Gasteiger partial charge on any atom is -0.356 e. The van der Waals surface area contributed by atoms with Crippen molar-refractivity contribution in [2.75, 3.05) is 6.54 Å². The van der Waals surface area contributed by atoms with Gasteiger partial charge in [-0.2, -0.15) is 0 Å². The van der Waals surface area contributed by atoms with E-state index in [1.807, 2.05) is 49.4 Å². The highest BCUT2D eigenvalue weighted by atomic mass is 35.5. The number of H-pyrrole nitrogens is 1. The number of hydrogen-bond acceptors (Lipinski definition) is 3. The second-order valence-corrected chi connectivity index (χ2v) is 7.55. The van der Waals surface area contributed by atoms with Gasteiger partial charge in [-0.25, -0.2) is 4.98 Å². The number of fused-ring (bicyclic) bond motifs is 3. The number of halogens is 1. The van der Waals surface area contributed by atoms with Crippen molar-refractivity contribution in [1.82, 2.24) is 19.9 Å². The number of rotatable bonds is 6. The number of nitrogens with one attached hydrogen (secondary N) is 2. The summed E-state index contributed by atoms with van der Waals surface area (Å²) in [5.74, 6) is -0.0989. The zero-order valence-corrected chi connectivity index (χ0v) is 16.8. The van der Waals surface area contributed by atoms with Crippen LogP contribution in [-0.4, -0.2) is 27.0 Å². The Balaban J connectivity index is 1.39. The van der Waals surface area contributed by atoms with Crippen LogP contribution in [0.2, 0.25) is 5.02 Å². The molecule has 148 valence electrons. The topological polar surface area (TPSA) is 79.8 Å². The molecule has 0 aliphatic carbocycles. The monoisotopic (exact) mass is 408 g/mol. The van der Waals surface area contributed by atoms with Crippen LogP contribution in [0.4, 0.5) is 0 Å². The van der Waals surface area contributed by atoms with Gasteiger partial charge in [-0.05, 0) is 43.2 Å². The summed E-state index contributed by atoms with van der Waals surface area (Å²) in [4.78, 5) is 32.5. The first kappa shape index (κ1) is 19.2. The average Bonchev–Trinajstić information content (AvgIpc) is 3.08. The Kier molecular flexibility index (Phi) is 5.36. The number of carbonyl (C=O) groups excluding carboxylic acids is 1. The summed E-state index contributed by atoms with van der Waals surface area (Å²) in [6, 6.07) is 13.5. The molecule has 0 bridgehead atoms. The standard InChI is InChI=1S/C22H21ClN4O2/c1-14-2-7-18-17(12-14)20-21(26-18)22(29)27(13-25-20)11-9-19(28)24-10-8-15-3-5-16(23)6-4-15/h2-7,12-13,26H,8-11H2,1H3,(H,24,28). The molecule has 2 N–H and O–H groups in total. The SMILES string of the molecule is Cc1ccc2[nH]c3c(=O)n(CCC(=O)NCCc4ccc(Cl)cc4)cnc3c2c1. The van der Waals surface area contributed by atoms with Crippen molar-refractivity contribution in [1.29, 1.82) is 0 Å². The molecule has 2 heterocycles. The van der Waals surface area contributed by atoms with E-state index in [9.17, 15) is 9.59 Å². The Morgan fingerprint density at radius 1 is 1.21 bits per heavy atom. The van der Waals surface area contributed by atoms with E-state index >= 15 is 0 Å². The smallest absolute Gasteiger partial charge is 0.277 e. The molecule has 2 aromatic heterocycles. The summed E-state index contributed by atoms with van der Waals surface area (Å²) in [5.41, 5.74) is 4.06. The number of hydrogen-bond donors (Lipinski definition) is 2. The highest BCUT2D eigenvalue weighted by molar-refractivity contribution is 6.30. The lowest BCUT2D eigenvalue weighted by Gasteiger charge is -2.07. The molecule has 4 aromatic rings. The summed E-state index contributed by atoms with van der Waals surface area (Å²) < 4.78 is 1.48. The van der Waals surface area contributed by atoms with E-state index in [0.717, 1.165) is 28.5 Å². The third kappa shape index (κ3) is 4.17. The second-order valence-electron chi connectivity index (χ2n) is 7.12. The number of carbonyl (C=O) groups is 1. The summed E-state index contributed by atoms with van der Waals surface area (Å²) in [6.07, 6.45) is 2.46. The van der Waals surface area contributed by atoms with Crippen molar-refractivity contribution >= 4 is 39.4 Å². The average molecular weight is 409 g/mol. The van der Waals surface area contributed by atoms with Gasteiger partial charge in [0.2, 0.25) is 5.91 Å². The third-order valence-electron chi connectivity index (χ3n) is 4.96. The van der Waals surface area contributed by atoms with E-state index in [4.69, 9.17) is 11.6 Å². The molecular formula is C22H21ClN4O2. The molecule has 7 heteroatoms. The normalized spacial score (nSPS) is 11.2. The van der Waals surface area contributed by atoms with Crippen LogP contribution >= 0.6 is 11.6 Å². The summed E-state index contributed by atoms with van der Waals surface area (Å²) in [7, 11) is 0. The van der Waals surface area contributed by atoms with E-state index in [-0.39, 0.29) is 24.4 Å². The van der Waals surface area contributed by atoms with Gasteiger partial charge in [-0.1, -0.05) is 35.4 Å². The lowest BCUT2D eigenvalue weighted by atomic mass is 10.1. The van der Waals surface area contributed by atoms with Crippen molar-refractivity contribution in [3.8, 4) is 0 Å². The first-order chi connectivity index (χ1) is 14.0. The van der Waals surface area contributed by atoms with Crippen LogP contribution in [0.25, 0.3) is 21.9 Å². The summed E-state index contributed by atoms with van der Waals surface area (Å²) in [6.45, 7) is 2.82. The van der Waals surface area contributed by atoms with Crippen LogP contribution in [-0.2, 0) is 17.8 Å². The molecule has 0 unspecified atom stereocenters. The van der Waals surface area contributed by atoms with E-state index in [1.165, 1.54) is 10.9 Å². The lowest BCUT2D eigenvalue weighted by Crippen LogP contribution is -2.29. The number of benzene rings is 2. The van der Waals surface area contributed by atoms with E-state index in [1.54, 1.807) is 0 Å². The highest BCUT2D eigenvalue weighted by Gasteiger charge is 2.12. The minimum atomic E-state index is -0.169. The number of nitrogens with zero attached hydrogens (tertiary/aromatic N) is 2. The molecule has 0 atom stereocenters. The Bertz CT molecular complexity index is 1240. The quantitative estimate of drug-likeness (QED) is 0.511. The lowest BCUT2D eigenvalue weighted by molar-refractivity contribution is -0.121. The first-order valence-corrected chi connectivity index (χ1v) is 9.88. The highest BCUT2D eigenvalue weighted by Crippen LogP contribution is 2.22. The predicted molar refractivity (Wildman–Crippen MR) is 115 cm³/mol. The molecule has 1 amide bonds. The Morgan fingerprint density at radius 3 is 2.79 bits per heavy atom. The molecule has 0 spiro atoms. The minimum absolute atomic E-state index is 0.0989. The van der Waals surface area contributed by atoms with E-state index in [0.29, 0.717) is 22.6 Å². The van der Waals surface area contributed by atoms with E-state index in [2.05, 4.69) is 15.3 Å². The van der Waals surface area contributed by atoms with Gasteiger partial charge in [0, 0.05) is 35.4 Å². The second kappa shape index (κ2) is 8.09. The molecule has 2 aromatic carbocycles. The fourth-order valence-electron chi connectivity index (χ4n) is 3.37. The van der Waals surface area contributed by atoms with Gasteiger partial charge in [0.1, 0.15) is 11.0 Å².